The van der Waals surface area contributed by atoms with E-state index in [9.17, 15) is 4.79 Å². The highest BCUT2D eigenvalue weighted by molar-refractivity contribution is 5.96. The van der Waals surface area contributed by atoms with Gasteiger partial charge >= 0.3 is 0 Å². The van der Waals surface area contributed by atoms with Crippen molar-refractivity contribution in [3.8, 4) is 11.1 Å². The maximum Gasteiger partial charge on any atom is 0.163 e. The lowest BCUT2D eigenvalue weighted by Gasteiger charge is -2.34. The summed E-state index contributed by atoms with van der Waals surface area (Å²) in [6, 6.07) is 17.2. The molecule has 162 valence electrons. The van der Waals surface area contributed by atoms with Crippen LogP contribution in [0.4, 0.5) is 0 Å². The summed E-state index contributed by atoms with van der Waals surface area (Å²) in [7, 11) is 0. The summed E-state index contributed by atoms with van der Waals surface area (Å²) in [6.45, 7) is 6.89. The van der Waals surface area contributed by atoms with Gasteiger partial charge in [0.2, 0.25) is 0 Å². The van der Waals surface area contributed by atoms with Gasteiger partial charge in [0.25, 0.3) is 0 Å². The summed E-state index contributed by atoms with van der Waals surface area (Å²) in [5, 5.41) is 0. The van der Waals surface area contributed by atoms with Crippen LogP contribution in [-0.4, -0.2) is 5.78 Å². The van der Waals surface area contributed by atoms with E-state index >= 15 is 0 Å². The van der Waals surface area contributed by atoms with Gasteiger partial charge < -0.3 is 0 Å². The van der Waals surface area contributed by atoms with Crippen molar-refractivity contribution in [3.63, 3.8) is 0 Å². The van der Waals surface area contributed by atoms with Gasteiger partial charge in [-0.3, -0.25) is 4.79 Å². The molecule has 0 aromatic heterocycles. The summed E-state index contributed by atoms with van der Waals surface area (Å²) in [4.78, 5) is 12.9. The Morgan fingerprint density at radius 3 is 2.13 bits per heavy atom. The Bertz CT molecular complexity index is 771. The number of rotatable bonds is 10. The summed E-state index contributed by atoms with van der Waals surface area (Å²) >= 11 is 0. The highest BCUT2D eigenvalue weighted by Gasteiger charge is 2.28. The molecule has 0 amide bonds. The normalized spacial score (nSPS) is 21.5. The fraction of sp³-hybridized carbons (Fsp3) is 0.552. The summed E-state index contributed by atoms with van der Waals surface area (Å²) in [5.41, 5.74) is 4.72. The van der Waals surface area contributed by atoms with Crippen LogP contribution in [0.3, 0.4) is 0 Å². The zero-order valence-corrected chi connectivity index (χ0v) is 19.3. The first-order valence-electron chi connectivity index (χ1n) is 12.3. The van der Waals surface area contributed by atoms with Crippen molar-refractivity contribution in [1.29, 1.82) is 0 Å². The molecule has 0 radical (unpaired) electrons. The molecule has 0 aliphatic heterocycles. The number of benzene rings is 2. The van der Waals surface area contributed by atoms with Crippen LogP contribution in [0.15, 0.2) is 48.5 Å². The van der Waals surface area contributed by atoms with Crippen molar-refractivity contribution in [3.05, 3.63) is 59.7 Å². The Morgan fingerprint density at radius 2 is 1.53 bits per heavy atom. The third-order valence-corrected chi connectivity index (χ3v) is 7.16. The van der Waals surface area contributed by atoms with Crippen LogP contribution in [0, 0.1) is 17.8 Å². The number of hydrogen-bond donors (Lipinski definition) is 0. The van der Waals surface area contributed by atoms with E-state index in [1.807, 2.05) is 12.1 Å². The predicted octanol–water partition coefficient (Wildman–Crippen LogP) is 8.51. The van der Waals surface area contributed by atoms with Crippen molar-refractivity contribution in [1.82, 2.24) is 0 Å². The fourth-order valence-corrected chi connectivity index (χ4v) is 5.19. The van der Waals surface area contributed by atoms with Gasteiger partial charge in [0.05, 0.1) is 0 Å². The monoisotopic (exact) mass is 404 g/mol. The lowest BCUT2D eigenvalue weighted by atomic mass is 9.71. The smallest absolute Gasteiger partial charge is 0.163 e. The lowest BCUT2D eigenvalue weighted by Crippen LogP contribution is -2.25. The Morgan fingerprint density at radius 1 is 0.867 bits per heavy atom. The van der Waals surface area contributed by atoms with E-state index < -0.39 is 0 Å². The quantitative estimate of drug-likeness (QED) is 0.286. The number of unbranched alkanes of at least 4 members (excludes halogenated alkanes) is 2. The van der Waals surface area contributed by atoms with Crippen LogP contribution in [0.2, 0.25) is 0 Å². The third-order valence-electron chi connectivity index (χ3n) is 7.16. The molecule has 1 fully saturated rings. The molecule has 1 saturated carbocycles. The van der Waals surface area contributed by atoms with Crippen LogP contribution in [0.1, 0.15) is 94.5 Å². The third kappa shape index (κ3) is 6.30. The Balaban J connectivity index is 1.55. The Kier molecular flexibility index (Phi) is 8.73. The predicted molar refractivity (Wildman–Crippen MR) is 129 cm³/mol. The molecule has 0 spiro atoms. The molecule has 1 heteroatoms. The summed E-state index contributed by atoms with van der Waals surface area (Å²) in [5.74, 6) is 2.44. The first-order valence-corrected chi connectivity index (χ1v) is 12.3. The van der Waals surface area contributed by atoms with E-state index in [0.717, 1.165) is 11.5 Å². The van der Waals surface area contributed by atoms with Gasteiger partial charge in [0.1, 0.15) is 0 Å². The zero-order chi connectivity index (χ0) is 21.3. The molecule has 1 nitrogen and oxygen atoms in total. The maximum atomic E-state index is 12.9. The van der Waals surface area contributed by atoms with Gasteiger partial charge in [-0.05, 0) is 60.1 Å². The first-order chi connectivity index (χ1) is 14.6. The Hall–Kier alpha value is -1.89. The van der Waals surface area contributed by atoms with Crippen molar-refractivity contribution < 1.29 is 4.79 Å². The van der Waals surface area contributed by atoms with E-state index in [1.165, 1.54) is 74.5 Å². The SMILES string of the molecule is CCCCCc1ccc(-c2ccc(C(=O)C[C@@H]3CCC(CCC)C[C@H]3C)cc2)cc1. The van der Waals surface area contributed by atoms with Crippen LogP contribution >= 0.6 is 0 Å². The van der Waals surface area contributed by atoms with Gasteiger partial charge in [0.15, 0.2) is 5.78 Å². The standard InChI is InChI=1S/C29H40O/c1-4-6-7-9-23-10-13-25(14-11-23)26-16-18-27(19-17-26)29(30)21-28-15-12-24(8-5-2)20-22(28)3/h10-11,13-14,16-19,22,24,28H,4-9,12,15,20-21H2,1-3H3/t22-,24?,28+/m1/s1. The number of carbonyl (C=O) groups excluding carboxylic acids is 1. The van der Waals surface area contributed by atoms with Crippen molar-refractivity contribution in [2.45, 2.75) is 85.0 Å². The minimum atomic E-state index is 0.318. The lowest BCUT2D eigenvalue weighted by molar-refractivity contribution is 0.0904. The van der Waals surface area contributed by atoms with Crippen LogP contribution in [0.25, 0.3) is 11.1 Å². The summed E-state index contributed by atoms with van der Waals surface area (Å²) < 4.78 is 0. The molecule has 3 atom stereocenters. The van der Waals surface area contributed by atoms with E-state index in [0.29, 0.717) is 24.0 Å². The van der Waals surface area contributed by atoms with Crippen molar-refractivity contribution in [2.75, 3.05) is 0 Å². The molecule has 1 aliphatic carbocycles. The first kappa shape index (κ1) is 22.8. The second-order valence-electron chi connectivity index (χ2n) is 9.56. The second kappa shape index (κ2) is 11.5. The van der Waals surface area contributed by atoms with Gasteiger partial charge in [-0.2, -0.15) is 0 Å². The highest BCUT2D eigenvalue weighted by Crippen LogP contribution is 2.38. The Labute approximate surface area is 184 Å². The highest BCUT2D eigenvalue weighted by atomic mass is 16.1. The minimum absolute atomic E-state index is 0.318. The van der Waals surface area contributed by atoms with Crippen LogP contribution in [-0.2, 0) is 6.42 Å². The van der Waals surface area contributed by atoms with Gasteiger partial charge in [-0.25, -0.2) is 0 Å². The van der Waals surface area contributed by atoms with E-state index in [4.69, 9.17) is 0 Å². The molecule has 2 aromatic carbocycles. The fourth-order valence-electron chi connectivity index (χ4n) is 5.19. The van der Waals surface area contributed by atoms with Crippen molar-refractivity contribution in [2.24, 2.45) is 17.8 Å². The number of aryl methyl sites for hydroxylation is 1. The van der Waals surface area contributed by atoms with Crippen LogP contribution < -0.4 is 0 Å². The molecule has 1 aliphatic rings. The average Bonchev–Trinajstić information content (AvgIpc) is 2.77. The second-order valence-corrected chi connectivity index (χ2v) is 9.56. The molecule has 0 bridgehead atoms. The maximum absolute atomic E-state index is 12.9. The molecule has 0 saturated heterocycles. The van der Waals surface area contributed by atoms with Crippen molar-refractivity contribution >= 4 is 5.78 Å². The van der Waals surface area contributed by atoms with Gasteiger partial charge in [-0.1, -0.05) is 101 Å². The largest absolute Gasteiger partial charge is 0.294 e. The van der Waals surface area contributed by atoms with E-state index in [1.54, 1.807) is 0 Å². The summed E-state index contributed by atoms with van der Waals surface area (Å²) in [6.07, 6.45) is 12.2. The van der Waals surface area contributed by atoms with Crippen LogP contribution in [0.5, 0.6) is 0 Å². The van der Waals surface area contributed by atoms with Gasteiger partial charge in [0, 0.05) is 12.0 Å². The van der Waals surface area contributed by atoms with Gasteiger partial charge in [-0.15, -0.1) is 0 Å². The molecule has 0 heterocycles. The molecule has 0 N–H and O–H groups in total. The van der Waals surface area contributed by atoms with E-state index in [-0.39, 0.29) is 0 Å². The number of carbonyl (C=O) groups is 1. The topological polar surface area (TPSA) is 17.1 Å². The molecule has 1 unspecified atom stereocenters. The minimum Gasteiger partial charge on any atom is -0.294 e. The molecular formula is C29H40O. The molecule has 2 aromatic rings. The van der Waals surface area contributed by atoms with E-state index in [2.05, 4.69) is 57.2 Å². The molecule has 3 rings (SSSR count). The number of Topliss-reactive ketones (excluding diaryl/α,β-unsaturated/α-hetero) is 1. The number of hydrogen-bond acceptors (Lipinski definition) is 1. The number of ketones is 1. The molecule has 30 heavy (non-hydrogen) atoms. The zero-order valence-electron chi connectivity index (χ0n) is 19.3. The molecular weight excluding hydrogens is 364 g/mol. The average molecular weight is 405 g/mol.